The van der Waals surface area contributed by atoms with Crippen LogP contribution in [0.15, 0.2) is 72.9 Å². The van der Waals surface area contributed by atoms with Crippen molar-refractivity contribution >= 4 is 11.6 Å². The summed E-state index contributed by atoms with van der Waals surface area (Å²) in [6.45, 7) is 0. The van der Waals surface area contributed by atoms with Crippen LogP contribution in [0.25, 0.3) is 0 Å². The Morgan fingerprint density at radius 2 is 1.52 bits per heavy atom. The molecule has 0 saturated carbocycles. The largest absolute Gasteiger partial charge is 0.314 e. The quantitative estimate of drug-likeness (QED) is 0.724. The van der Waals surface area contributed by atoms with Crippen LogP contribution in [-0.4, -0.2) is 17.0 Å². The summed E-state index contributed by atoms with van der Waals surface area (Å²) >= 11 is 0. The van der Waals surface area contributed by atoms with Crippen LogP contribution in [0.3, 0.4) is 0 Å². The Balaban J connectivity index is 1.83. The highest BCUT2D eigenvalue weighted by Crippen LogP contribution is 2.19. The van der Waals surface area contributed by atoms with Gasteiger partial charge in [0.15, 0.2) is 0 Å². The molecule has 0 bridgehead atoms. The van der Waals surface area contributed by atoms with Crippen molar-refractivity contribution in [2.45, 2.75) is 6.42 Å². The van der Waals surface area contributed by atoms with Crippen molar-refractivity contribution in [2.75, 3.05) is 11.9 Å². The first-order valence-corrected chi connectivity index (χ1v) is 6.97. The molecule has 0 saturated heterocycles. The molecule has 3 aromatic rings. The molecule has 1 heterocycles. The second-order valence-electron chi connectivity index (χ2n) is 4.90. The number of nitrogens with zero attached hydrogens (tertiary/aromatic N) is 3. The summed E-state index contributed by atoms with van der Waals surface area (Å²) < 4.78 is 0. The van der Waals surface area contributed by atoms with Gasteiger partial charge in [-0.2, -0.15) is 0 Å². The highest BCUT2D eigenvalue weighted by atomic mass is 15.2. The van der Waals surface area contributed by atoms with Crippen molar-refractivity contribution in [1.82, 2.24) is 9.97 Å². The second kappa shape index (κ2) is 6.18. The van der Waals surface area contributed by atoms with E-state index in [0.29, 0.717) is 0 Å². The van der Waals surface area contributed by atoms with Gasteiger partial charge in [-0.1, -0.05) is 48.5 Å². The van der Waals surface area contributed by atoms with E-state index in [1.165, 1.54) is 5.56 Å². The van der Waals surface area contributed by atoms with Gasteiger partial charge >= 0.3 is 0 Å². The Labute approximate surface area is 124 Å². The van der Waals surface area contributed by atoms with Crippen LogP contribution in [0, 0.1) is 0 Å². The minimum absolute atomic E-state index is 0.717. The summed E-state index contributed by atoms with van der Waals surface area (Å²) in [5, 5.41) is 0. The molecule has 3 heteroatoms. The van der Waals surface area contributed by atoms with Crippen LogP contribution in [-0.2, 0) is 6.42 Å². The summed E-state index contributed by atoms with van der Waals surface area (Å²) in [5.41, 5.74) is 3.35. The number of hydrogen-bond donors (Lipinski definition) is 0. The van der Waals surface area contributed by atoms with Gasteiger partial charge in [0.1, 0.15) is 0 Å². The van der Waals surface area contributed by atoms with Crippen molar-refractivity contribution in [3.8, 4) is 0 Å². The molecule has 0 aliphatic heterocycles. The Kier molecular flexibility index (Phi) is 3.92. The monoisotopic (exact) mass is 275 g/mol. The van der Waals surface area contributed by atoms with Crippen LogP contribution in [0.2, 0.25) is 0 Å². The fourth-order valence-electron chi connectivity index (χ4n) is 2.22. The van der Waals surface area contributed by atoms with E-state index in [2.05, 4.69) is 22.1 Å². The van der Waals surface area contributed by atoms with E-state index in [-0.39, 0.29) is 0 Å². The average molecular weight is 275 g/mol. The standard InChI is InChI=1S/C18H17N3/c1-21(17-10-6-3-7-11-17)18-19-13-12-16(20-18)14-15-8-4-2-5-9-15/h2-13H,14H2,1H3. The van der Waals surface area contributed by atoms with Crippen molar-refractivity contribution in [3.05, 3.63) is 84.2 Å². The number of aromatic nitrogens is 2. The lowest BCUT2D eigenvalue weighted by Crippen LogP contribution is -2.13. The first-order chi connectivity index (χ1) is 10.3. The molecule has 0 unspecified atom stereocenters. The zero-order chi connectivity index (χ0) is 14.5. The molecule has 0 atom stereocenters. The Morgan fingerprint density at radius 3 is 2.24 bits per heavy atom. The van der Waals surface area contributed by atoms with Gasteiger partial charge < -0.3 is 4.90 Å². The molecule has 0 N–H and O–H groups in total. The van der Waals surface area contributed by atoms with Crippen LogP contribution < -0.4 is 4.90 Å². The van der Waals surface area contributed by atoms with Gasteiger partial charge in [-0.25, -0.2) is 9.97 Å². The zero-order valence-corrected chi connectivity index (χ0v) is 12.0. The summed E-state index contributed by atoms with van der Waals surface area (Å²) in [5.74, 6) is 0.717. The third kappa shape index (κ3) is 3.26. The first-order valence-electron chi connectivity index (χ1n) is 6.97. The van der Waals surface area contributed by atoms with E-state index >= 15 is 0 Å². The molecule has 0 amide bonds. The number of rotatable bonds is 4. The highest BCUT2D eigenvalue weighted by Gasteiger charge is 2.07. The van der Waals surface area contributed by atoms with Gasteiger partial charge in [0.05, 0.1) is 5.69 Å². The minimum atomic E-state index is 0.717. The average Bonchev–Trinajstić information content (AvgIpc) is 2.56. The van der Waals surface area contributed by atoms with E-state index < -0.39 is 0 Å². The Morgan fingerprint density at radius 1 is 0.857 bits per heavy atom. The maximum absolute atomic E-state index is 4.66. The number of hydrogen-bond acceptors (Lipinski definition) is 3. The first kappa shape index (κ1) is 13.3. The topological polar surface area (TPSA) is 29.0 Å². The molecule has 0 spiro atoms. The van der Waals surface area contributed by atoms with E-state index in [4.69, 9.17) is 0 Å². The molecule has 2 aromatic carbocycles. The fourth-order valence-corrected chi connectivity index (χ4v) is 2.22. The van der Waals surface area contributed by atoms with E-state index in [0.717, 1.165) is 23.8 Å². The molecular formula is C18H17N3. The molecule has 21 heavy (non-hydrogen) atoms. The molecular weight excluding hydrogens is 258 g/mol. The van der Waals surface area contributed by atoms with Gasteiger partial charge in [-0.15, -0.1) is 0 Å². The maximum atomic E-state index is 4.66. The highest BCUT2D eigenvalue weighted by molar-refractivity contribution is 5.55. The zero-order valence-electron chi connectivity index (χ0n) is 12.0. The van der Waals surface area contributed by atoms with Crippen LogP contribution in [0.4, 0.5) is 11.6 Å². The Bertz CT molecular complexity index is 696. The van der Waals surface area contributed by atoms with E-state index in [9.17, 15) is 0 Å². The lowest BCUT2D eigenvalue weighted by Gasteiger charge is -2.17. The third-order valence-electron chi connectivity index (χ3n) is 3.37. The summed E-state index contributed by atoms with van der Waals surface area (Å²) in [4.78, 5) is 11.0. The maximum Gasteiger partial charge on any atom is 0.229 e. The summed E-state index contributed by atoms with van der Waals surface area (Å²) in [6.07, 6.45) is 2.64. The number of benzene rings is 2. The minimum Gasteiger partial charge on any atom is -0.314 e. The third-order valence-corrected chi connectivity index (χ3v) is 3.37. The normalized spacial score (nSPS) is 10.3. The summed E-state index contributed by atoms with van der Waals surface area (Å²) in [7, 11) is 1.98. The molecule has 1 aromatic heterocycles. The van der Waals surface area contributed by atoms with Crippen molar-refractivity contribution < 1.29 is 0 Å². The fraction of sp³-hybridized carbons (Fsp3) is 0.111. The number of anilines is 2. The molecule has 3 rings (SSSR count). The van der Waals surface area contributed by atoms with Gasteiger partial charge in [-0.05, 0) is 23.8 Å². The van der Waals surface area contributed by atoms with Gasteiger partial charge in [0.25, 0.3) is 0 Å². The molecule has 3 nitrogen and oxygen atoms in total. The summed E-state index contributed by atoms with van der Waals surface area (Å²) in [6, 6.07) is 22.4. The van der Waals surface area contributed by atoms with Gasteiger partial charge in [0, 0.05) is 25.4 Å². The molecule has 0 radical (unpaired) electrons. The lowest BCUT2D eigenvalue weighted by molar-refractivity contribution is 0.978. The smallest absolute Gasteiger partial charge is 0.229 e. The second-order valence-corrected chi connectivity index (χ2v) is 4.90. The van der Waals surface area contributed by atoms with Crippen molar-refractivity contribution in [2.24, 2.45) is 0 Å². The molecule has 0 fully saturated rings. The molecule has 0 aliphatic rings. The van der Waals surface area contributed by atoms with Crippen LogP contribution in [0.5, 0.6) is 0 Å². The van der Waals surface area contributed by atoms with Crippen LogP contribution in [0.1, 0.15) is 11.3 Å². The van der Waals surface area contributed by atoms with Crippen LogP contribution >= 0.6 is 0 Å². The SMILES string of the molecule is CN(c1ccccc1)c1nccc(Cc2ccccc2)n1. The van der Waals surface area contributed by atoms with E-state index in [1.54, 1.807) is 0 Å². The van der Waals surface area contributed by atoms with Crippen molar-refractivity contribution in [1.29, 1.82) is 0 Å². The van der Waals surface area contributed by atoms with Gasteiger partial charge in [0.2, 0.25) is 5.95 Å². The Hall–Kier alpha value is -2.68. The number of para-hydroxylation sites is 1. The van der Waals surface area contributed by atoms with E-state index in [1.807, 2.05) is 72.7 Å². The molecule has 104 valence electrons. The van der Waals surface area contributed by atoms with Gasteiger partial charge in [-0.3, -0.25) is 0 Å². The lowest BCUT2D eigenvalue weighted by atomic mass is 10.1. The predicted molar refractivity (Wildman–Crippen MR) is 85.8 cm³/mol. The molecule has 0 aliphatic carbocycles. The van der Waals surface area contributed by atoms with Crippen molar-refractivity contribution in [3.63, 3.8) is 0 Å². The predicted octanol–water partition coefficient (Wildman–Crippen LogP) is 3.84.